The smallest absolute Gasteiger partial charge is 0.325 e. The summed E-state index contributed by atoms with van der Waals surface area (Å²) in [7, 11) is 0. The van der Waals surface area contributed by atoms with Crippen LogP contribution in [0, 0.1) is 5.82 Å². The van der Waals surface area contributed by atoms with Crippen molar-refractivity contribution in [3.63, 3.8) is 0 Å². The number of hydrogen-bond donors (Lipinski definition) is 3. The molecule has 0 unspecified atom stereocenters. The minimum absolute atomic E-state index is 0.0916. The number of carbonyl (C=O) groups excluding carboxylic acids is 4. The molecule has 1 aliphatic rings. The number of carbonyl (C=O) groups is 4. The normalized spacial score (nSPS) is 12.9. The molecule has 4 amide bonds. The van der Waals surface area contributed by atoms with E-state index in [2.05, 4.69) is 15.4 Å². The molecule has 2 rings (SSSR count). The number of ether oxygens (including phenoxy) is 1. The predicted molar refractivity (Wildman–Crippen MR) is 79.4 cm³/mol. The van der Waals surface area contributed by atoms with Gasteiger partial charge in [-0.15, -0.1) is 0 Å². The molecule has 1 aliphatic carbocycles. The molecule has 0 heterocycles. The second kappa shape index (κ2) is 8.04. The third-order valence-corrected chi connectivity index (χ3v) is 3.04. The molecule has 8 nitrogen and oxygen atoms in total. The molecule has 0 atom stereocenters. The SMILES string of the molecule is O=C(COC(=O)CNC(=O)c1ccccc1F)NC(=O)NC1CC1. The molecular weight excluding hydrogens is 321 g/mol. The number of rotatable bonds is 6. The maximum Gasteiger partial charge on any atom is 0.325 e. The molecule has 0 bridgehead atoms. The van der Waals surface area contributed by atoms with E-state index in [9.17, 15) is 23.6 Å². The van der Waals surface area contributed by atoms with Crippen molar-refractivity contribution in [1.82, 2.24) is 16.0 Å². The Balaban J connectivity index is 1.65. The maximum absolute atomic E-state index is 13.4. The Morgan fingerprint density at radius 3 is 2.54 bits per heavy atom. The van der Waals surface area contributed by atoms with Gasteiger partial charge in [0.1, 0.15) is 12.4 Å². The zero-order valence-corrected chi connectivity index (χ0v) is 12.6. The van der Waals surface area contributed by atoms with Gasteiger partial charge in [0.25, 0.3) is 11.8 Å². The number of urea groups is 1. The topological polar surface area (TPSA) is 114 Å². The standard InChI is InChI=1S/C15H16FN3O5/c16-11-4-2-1-3-10(11)14(22)17-7-13(21)24-8-12(20)19-15(23)18-9-5-6-9/h1-4,9H,5-8H2,(H,17,22)(H2,18,19,20,23). The lowest BCUT2D eigenvalue weighted by molar-refractivity contribution is -0.147. The molecule has 0 spiro atoms. The van der Waals surface area contributed by atoms with E-state index in [4.69, 9.17) is 0 Å². The summed E-state index contributed by atoms with van der Waals surface area (Å²) < 4.78 is 18.0. The van der Waals surface area contributed by atoms with Gasteiger partial charge < -0.3 is 15.4 Å². The van der Waals surface area contributed by atoms with E-state index < -0.39 is 42.8 Å². The van der Waals surface area contributed by atoms with Crippen LogP contribution in [-0.2, 0) is 14.3 Å². The Morgan fingerprint density at radius 1 is 1.17 bits per heavy atom. The molecule has 0 saturated heterocycles. The third-order valence-electron chi connectivity index (χ3n) is 3.04. The molecular formula is C15H16FN3O5. The van der Waals surface area contributed by atoms with Gasteiger partial charge >= 0.3 is 12.0 Å². The monoisotopic (exact) mass is 337 g/mol. The highest BCUT2D eigenvalue weighted by Gasteiger charge is 2.24. The minimum atomic E-state index is -0.891. The summed E-state index contributed by atoms with van der Waals surface area (Å²) in [5, 5.41) is 6.71. The van der Waals surface area contributed by atoms with Gasteiger partial charge in [0.15, 0.2) is 6.61 Å². The number of hydrogen-bond acceptors (Lipinski definition) is 5. The Bertz CT molecular complexity index is 660. The van der Waals surface area contributed by atoms with Gasteiger partial charge in [0.2, 0.25) is 0 Å². The first-order valence-corrected chi connectivity index (χ1v) is 7.24. The van der Waals surface area contributed by atoms with Gasteiger partial charge in [-0.2, -0.15) is 0 Å². The van der Waals surface area contributed by atoms with Gasteiger partial charge in [0, 0.05) is 6.04 Å². The van der Waals surface area contributed by atoms with Crippen LogP contribution >= 0.6 is 0 Å². The zero-order chi connectivity index (χ0) is 17.5. The number of esters is 1. The number of nitrogens with one attached hydrogen (secondary N) is 3. The molecule has 1 aromatic carbocycles. The van der Waals surface area contributed by atoms with E-state index in [0.717, 1.165) is 18.9 Å². The lowest BCUT2D eigenvalue weighted by Gasteiger charge is -2.08. The van der Waals surface area contributed by atoms with Crippen LogP contribution in [-0.4, -0.2) is 43.0 Å². The fraction of sp³-hybridized carbons (Fsp3) is 0.333. The highest BCUT2D eigenvalue weighted by molar-refractivity contribution is 5.97. The summed E-state index contributed by atoms with van der Waals surface area (Å²) in [6, 6.07) is 4.73. The van der Waals surface area contributed by atoms with Crippen molar-refractivity contribution >= 4 is 23.8 Å². The van der Waals surface area contributed by atoms with Gasteiger partial charge in [0.05, 0.1) is 5.56 Å². The van der Waals surface area contributed by atoms with Crippen LogP contribution in [0.4, 0.5) is 9.18 Å². The Hall–Kier alpha value is -2.97. The van der Waals surface area contributed by atoms with Crippen molar-refractivity contribution in [1.29, 1.82) is 0 Å². The van der Waals surface area contributed by atoms with Crippen LogP contribution in [0.5, 0.6) is 0 Å². The fourth-order valence-electron chi connectivity index (χ4n) is 1.70. The summed E-state index contributed by atoms with van der Waals surface area (Å²) in [6.07, 6.45) is 1.75. The van der Waals surface area contributed by atoms with Crippen LogP contribution in [0.25, 0.3) is 0 Å². The predicted octanol–water partition coefficient (Wildman–Crippen LogP) is 0.0869. The summed E-state index contributed by atoms with van der Waals surface area (Å²) in [5.41, 5.74) is -0.209. The van der Waals surface area contributed by atoms with Crippen LogP contribution < -0.4 is 16.0 Å². The Labute approximate surface area is 136 Å². The number of halogens is 1. The van der Waals surface area contributed by atoms with Crippen molar-refractivity contribution in [2.75, 3.05) is 13.2 Å². The molecule has 1 fully saturated rings. The molecule has 0 radical (unpaired) electrons. The first-order chi connectivity index (χ1) is 11.5. The molecule has 0 aliphatic heterocycles. The van der Waals surface area contributed by atoms with Crippen molar-refractivity contribution < 1.29 is 28.3 Å². The summed E-state index contributed by atoms with van der Waals surface area (Å²) in [4.78, 5) is 45.8. The van der Waals surface area contributed by atoms with E-state index in [0.29, 0.717) is 0 Å². The first kappa shape index (κ1) is 17.4. The van der Waals surface area contributed by atoms with Crippen molar-refractivity contribution in [3.8, 4) is 0 Å². The zero-order valence-electron chi connectivity index (χ0n) is 12.6. The Kier molecular flexibility index (Phi) is 5.83. The van der Waals surface area contributed by atoms with E-state index in [1.165, 1.54) is 18.2 Å². The molecule has 0 aromatic heterocycles. The van der Waals surface area contributed by atoms with Gasteiger partial charge in [-0.25, -0.2) is 9.18 Å². The maximum atomic E-state index is 13.4. The average Bonchev–Trinajstić information content (AvgIpc) is 3.34. The van der Waals surface area contributed by atoms with Crippen molar-refractivity contribution in [3.05, 3.63) is 35.6 Å². The molecule has 3 N–H and O–H groups in total. The molecule has 9 heteroatoms. The number of benzene rings is 1. The van der Waals surface area contributed by atoms with Crippen molar-refractivity contribution in [2.45, 2.75) is 18.9 Å². The summed E-state index contributed by atoms with van der Waals surface area (Å²) >= 11 is 0. The van der Waals surface area contributed by atoms with E-state index >= 15 is 0 Å². The quantitative estimate of drug-likeness (QED) is 0.637. The lowest BCUT2D eigenvalue weighted by Crippen LogP contribution is -2.42. The molecule has 128 valence electrons. The summed E-state index contributed by atoms with van der Waals surface area (Å²) in [5.74, 6) is -3.18. The average molecular weight is 337 g/mol. The highest BCUT2D eigenvalue weighted by atomic mass is 19.1. The van der Waals surface area contributed by atoms with E-state index in [1.54, 1.807) is 0 Å². The first-order valence-electron chi connectivity index (χ1n) is 7.24. The summed E-state index contributed by atoms with van der Waals surface area (Å²) in [6.45, 7) is -1.19. The molecule has 1 saturated carbocycles. The second-order valence-corrected chi connectivity index (χ2v) is 5.12. The van der Waals surface area contributed by atoms with Gasteiger partial charge in [-0.3, -0.25) is 19.7 Å². The van der Waals surface area contributed by atoms with Crippen LogP contribution in [0.15, 0.2) is 24.3 Å². The molecule has 24 heavy (non-hydrogen) atoms. The highest BCUT2D eigenvalue weighted by Crippen LogP contribution is 2.18. The number of imide groups is 1. The second-order valence-electron chi connectivity index (χ2n) is 5.12. The van der Waals surface area contributed by atoms with Crippen molar-refractivity contribution in [2.24, 2.45) is 0 Å². The Morgan fingerprint density at radius 2 is 1.88 bits per heavy atom. The largest absolute Gasteiger partial charge is 0.454 e. The van der Waals surface area contributed by atoms with Crippen LogP contribution in [0.1, 0.15) is 23.2 Å². The number of amides is 4. The minimum Gasteiger partial charge on any atom is -0.454 e. The van der Waals surface area contributed by atoms with Gasteiger partial charge in [-0.1, -0.05) is 12.1 Å². The third kappa shape index (κ3) is 5.67. The lowest BCUT2D eigenvalue weighted by atomic mass is 10.2. The van der Waals surface area contributed by atoms with E-state index in [1.807, 2.05) is 5.32 Å². The van der Waals surface area contributed by atoms with Crippen LogP contribution in [0.3, 0.4) is 0 Å². The fourth-order valence-corrected chi connectivity index (χ4v) is 1.70. The van der Waals surface area contributed by atoms with Crippen LogP contribution in [0.2, 0.25) is 0 Å². The van der Waals surface area contributed by atoms with E-state index in [-0.39, 0.29) is 11.6 Å². The molecule has 1 aromatic rings. The van der Waals surface area contributed by atoms with Gasteiger partial charge in [-0.05, 0) is 25.0 Å².